The molecule has 0 spiro atoms. The van der Waals surface area contributed by atoms with E-state index in [1.54, 1.807) is 6.92 Å². The third-order valence-corrected chi connectivity index (χ3v) is 3.00. The highest BCUT2D eigenvalue weighted by Crippen LogP contribution is 2.20. The van der Waals surface area contributed by atoms with Crippen LogP contribution < -0.4 is 5.32 Å². The summed E-state index contributed by atoms with van der Waals surface area (Å²) in [6, 6.07) is 0.941. The van der Waals surface area contributed by atoms with Crippen molar-refractivity contribution in [1.82, 2.24) is 10.2 Å². The summed E-state index contributed by atoms with van der Waals surface area (Å²) in [5.41, 5.74) is 0. The Labute approximate surface area is 80.5 Å². The Kier molecular flexibility index (Phi) is 3.31. The zero-order valence-corrected chi connectivity index (χ0v) is 9.00. The number of rotatable bonds is 1. The second-order valence-corrected chi connectivity index (χ2v) is 4.31. The standard InChI is InChI=1S/C10H20N2O/c1-7-6-12(4)8(2)5-10(7)11-9(3)13/h7-8,10H,5-6H2,1-4H3,(H,11,13). The van der Waals surface area contributed by atoms with Gasteiger partial charge in [-0.15, -0.1) is 0 Å². The molecule has 1 aliphatic heterocycles. The van der Waals surface area contributed by atoms with Crippen molar-refractivity contribution in [3.05, 3.63) is 0 Å². The predicted molar refractivity (Wildman–Crippen MR) is 53.5 cm³/mol. The van der Waals surface area contributed by atoms with Crippen LogP contribution in [0.1, 0.15) is 27.2 Å². The van der Waals surface area contributed by atoms with Gasteiger partial charge in [0.05, 0.1) is 0 Å². The molecule has 0 bridgehead atoms. The highest BCUT2D eigenvalue weighted by Gasteiger charge is 2.28. The zero-order valence-electron chi connectivity index (χ0n) is 9.00. The second-order valence-electron chi connectivity index (χ2n) is 4.31. The van der Waals surface area contributed by atoms with E-state index in [-0.39, 0.29) is 5.91 Å². The molecule has 1 fully saturated rings. The van der Waals surface area contributed by atoms with Crippen LogP contribution in [0, 0.1) is 5.92 Å². The summed E-state index contributed by atoms with van der Waals surface area (Å²) in [6.07, 6.45) is 1.07. The average molecular weight is 184 g/mol. The monoisotopic (exact) mass is 184 g/mol. The van der Waals surface area contributed by atoms with Gasteiger partial charge in [-0.2, -0.15) is 0 Å². The van der Waals surface area contributed by atoms with Crippen LogP contribution in [0.2, 0.25) is 0 Å². The maximum atomic E-state index is 10.9. The lowest BCUT2D eigenvalue weighted by Gasteiger charge is -2.39. The maximum Gasteiger partial charge on any atom is 0.217 e. The highest BCUT2D eigenvalue weighted by atomic mass is 16.1. The minimum absolute atomic E-state index is 0.0913. The van der Waals surface area contributed by atoms with Gasteiger partial charge in [0.2, 0.25) is 5.91 Å². The molecule has 3 atom stereocenters. The molecular weight excluding hydrogens is 164 g/mol. The average Bonchev–Trinajstić information content (AvgIpc) is 1.99. The van der Waals surface area contributed by atoms with Gasteiger partial charge in [0.15, 0.2) is 0 Å². The minimum atomic E-state index is 0.0913. The lowest BCUT2D eigenvalue weighted by atomic mass is 9.90. The van der Waals surface area contributed by atoms with E-state index >= 15 is 0 Å². The topological polar surface area (TPSA) is 32.3 Å². The first kappa shape index (κ1) is 10.5. The van der Waals surface area contributed by atoms with Crippen molar-refractivity contribution in [2.45, 2.75) is 39.3 Å². The van der Waals surface area contributed by atoms with Gasteiger partial charge < -0.3 is 10.2 Å². The van der Waals surface area contributed by atoms with Crippen LogP contribution >= 0.6 is 0 Å². The third kappa shape index (κ3) is 2.69. The van der Waals surface area contributed by atoms with Crippen LogP contribution in [0.25, 0.3) is 0 Å². The third-order valence-electron chi connectivity index (χ3n) is 3.00. The van der Waals surface area contributed by atoms with Crippen LogP contribution in [-0.2, 0) is 4.79 Å². The molecule has 1 heterocycles. The van der Waals surface area contributed by atoms with Crippen LogP contribution in [0.4, 0.5) is 0 Å². The molecule has 1 aliphatic rings. The SMILES string of the molecule is CC(=O)NC1CC(C)N(C)CC1C. The number of piperidine rings is 1. The molecule has 0 saturated carbocycles. The van der Waals surface area contributed by atoms with E-state index in [1.807, 2.05) is 0 Å². The van der Waals surface area contributed by atoms with Gasteiger partial charge in [0.25, 0.3) is 0 Å². The number of likely N-dealkylation sites (tertiary alicyclic amines) is 1. The molecule has 1 N–H and O–H groups in total. The summed E-state index contributed by atoms with van der Waals surface area (Å²) in [4.78, 5) is 13.3. The number of nitrogens with zero attached hydrogens (tertiary/aromatic N) is 1. The fourth-order valence-electron chi connectivity index (χ4n) is 2.00. The predicted octanol–water partition coefficient (Wildman–Crippen LogP) is 0.851. The zero-order chi connectivity index (χ0) is 10.0. The van der Waals surface area contributed by atoms with Crippen LogP contribution in [0.15, 0.2) is 0 Å². The first-order chi connectivity index (χ1) is 6.00. The number of carbonyl (C=O) groups excluding carboxylic acids is 1. The Morgan fingerprint density at radius 2 is 2.08 bits per heavy atom. The molecule has 0 radical (unpaired) electrons. The van der Waals surface area contributed by atoms with Crippen molar-refractivity contribution in [1.29, 1.82) is 0 Å². The van der Waals surface area contributed by atoms with Crippen molar-refractivity contribution >= 4 is 5.91 Å². The smallest absolute Gasteiger partial charge is 0.217 e. The molecule has 13 heavy (non-hydrogen) atoms. The first-order valence-corrected chi connectivity index (χ1v) is 4.98. The van der Waals surface area contributed by atoms with E-state index in [2.05, 4.69) is 31.1 Å². The van der Waals surface area contributed by atoms with Gasteiger partial charge in [0, 0.05) is 25.6 Å². The Bertz CT molecular complexity index is 193. The Hall–Kier alpha value is -0.570. The number of carbonyl (C=O) groups is 1. The van der Waals surface area contributed by atoms with Crippen molar-refractivity contribution in [3.8, 4) is 0 Å². The molecule has 0 aromatic heterocycles. The molecule has 0 aliphatic carbocycles. The maximum absolute atomic E-state index is 10.9. The molecular formula is C10H20N2O. The summed E-state index contributed by atoms with van der Waals surface area (Å²) in [6.45, 7) is 7.07. The number of hydrogen-bond donors (Lipinski definition) is 1. The summed E-state index contributed by atoms with van der Waals surface area (Å²) < 4.78 is 0. The highest BCUT2D eigenvalue weighted by molar-refractivity contribution is 5.73. The second kappa shape index (κ2) is 4.09. The molecule has 0 aromatic rings. The lowest BCUT2D eigenvalue weighted by molar-refractivity contribution is -0.120. The largest absolute Gasteiger partial charge is 0.353 e. The van der Waals surface area contributed by atoms with Crippen molar-refractivity contribution in [2.24, 2.45) is 5.92 Å². The van der Waals surface area contributed by atoms with Crippen LogP contribution in [0.5, 0.6) is 0 Å². The van der Waals surface area contributed by atoms with Crippen molar-refractivity contribution < 1.29 is 4.79 Å². The van der Waals surface area contributed by atoms with Gasteiger partial charge in [0.1, 0.15) is 0 Å². The van der Waals surface area contributed by atoms with Gasteiger partial charge in [-0.3, -0.25) is 4.79 Å². The summed E-state index contributed by atoms with van der Waals surface area (Å²) in [5, 5.41) is 3.02. The molecule has 76 valence electrons. The van der Waals surface area contributed by atoms with Crippen LogP contribution in [0.3, 0.4) is 0 Å². The van der Waals surface area contributed by atoms with Gasteiger partial charge >= 0.3 is 0 Å². The molecule has 3 nitrogen and oxygen atoms in total. The number of amides is 1. The number of hydrogen-bond acceptors (Lipinski definition) is 2. The quantitative estimate of drug-likeness (QED) is 0.655. The Balaban J connectivity index is 2.51. The van der Waals surface area contributed by atoms with E-state index in [4.69, 9.17) is 0 Å². The van der Waals surface area contributed by atoms with Crippen LogP contribution in [-0.4, -0.2) is 36.5 Å². The molecule has 3 heteroatoms. The van der Waals surface area contributed by atoms with E-state index in [9.17, 15) is 4.79 Å². The first-order valence-electron chi connectivity index (χ1n) is 4.98. The van der Waals surface area contributed by atoms with Crippen molar-refractivity contribution in [3.63, 3.8) is 0 Å². The Morgan fingerprint density at radius 1 is 1.46 bits per heavy atom. The summed E-state index contributed by atoms with van der Waals surface area (Å²) in [7, 11) is 2.14. The lowest BCUT2D eigenvalue weighted by Crippen LogP contribution is -2.51. The van der Waals surface area contributed by atoms with Gasteiger partial charge in [-0.1, -0.05) is 6.92 Å². The molecule has 3 unspecified atom stereocenters. The van der Waals surface area contributed by atoms with E-state index in [1.165, 1.54) is 0 Å². The van der Waals surface area contributed by atoms with E-state index in [0.29, 0.717) is 18.0 Å². The van der Waals surface area contributed by atoms with Gasteiger partial charge in [-0.05, 0) is 26.3 Å². The number of nitrogens with one attached hydrogen (secondary N) is 1. The normalized spacial score (nSPS) is 35.8. The van der Waals surface area contributed by atoms with Gasteiger partial charge in [-0.25, -0.2) is 0 Å². The fourth-order valence-corrected chi connectivity index (χ4v) is 2.00. The summed E-state index contributed by atoms with van der Waals surface area (Å²) in [5.74, 6) is 0.652. The Morgan fingerprint density at radius 3 is 2.62 bits per heavy atom. The molecule has 0 aromatic carbocycles. The van der Waals surface area contributed by atoms with E-state index < -0.39 is 0 Å². The molecule has 1 rings (SSSR count). The fraction of sp³-hybridized carbons (Fsp3) is 0.900. The van der Waals surface area contributed by atoms with E-state index in [0.717, 1.165) is 13.0 Å². The van der Waals surface area contributed by atoms with Crippen molar-refractivity contribution in [2.75, 3.05) is 13.6 Å². The molecule has 1 saturated heterocycles. The molecule has 1 amide bonds. The minimum Gasteiger partial charge on any atom is -0.353 e. The summed E-state index contributed by atoms with van der Waals surface area (Å²) >= 11 is 0.